The van der Waals surface area contributed by atoms with Crippen LogP contribution in [0, 0.1) is 6.92 Å². The normalized spacial score (nSPS) is 11.7. The molecule has 160 valence electrons. The molecule has 0 atom stereocenters. The fourth-order valence-corrected chi connectivity index (χ4v) is 6.05. The first-order valence-electron chi connectivity index (χ1n) is 11.6. The highest BCUT2D eigenvalue weighted by atomic mass is 32.1. The Morgan fingerprint density at radius 3 is 2.21 bits per heavy atom. The summed E-state index contributed by atoms with van der Waals surface area (Å²) in [5.74, 6) is 0. The van der Waals surface area contributed by atoms with Crippen LogP contribution >= 0.6 is 11.3 Å². The summed E-state index contributed by atoms with van der Waals surface area (Å²) in [5.41, 5.74) is 6.00. The third-order valence-corrected chi connectivity index (χ3v) is 7.80. The highest BCUT2D eigenvalue weighted by molar-refractivity contribution is 7.21. The Hall–Kier alpha value is -4.01. The summed E-state index contributed by atoms with van der Waals surface area (Å²) in [4.78, 5) is 4.85. The van der Waals surface area contributed by atoms with E-state index in [9.17, 15) is 0 Å². The maximum Gasteiger partial charge on any atom is 0.124 e. The smallest absolute Gasteiger partial charge is 0.124 e. The van der Waals surface area contributed by atoms with Crippen LogP contribution in [-0.4, -0.2) is 4.98 Å². The number of fused-ring (bicyclic) bond motifs is 5. The second kappa shape index (κ2) is 7.51. The molecular formula is C32H21NS. The number of thiazole rings is 1. The van der Waals surface area contributed by atoms with Crippen molar-refractivity contribution >= 4 is 53.9 Å². The number of hydrogen-bond donors (Lipinski definition) is 0. The molecule has 1 heterocycles. The predicted octanol–water partition coefficient (Wildman–Crippen LogP) is 9.40. The van der Waals surface area contributed by atoms with Gasteiger partial charge in [0.05, 0.1) is 10.2 Å². The van der Waals surface area contributed by atoms with Gasteiger partial charge >= 0.3 is 0 Å². The summed E-state index contributed by atoms with van der Waals surface area (Å²) in [6.45, 7) is 2.13. The summed E-state index contributed by atoms with van der Waals surface area (Å²) < 4.78 is 1.24. The Morgan fingerprint density at radius 2 is 1.35 bits per heavy atom. The Kier molecular flexibility index (Phi) is 4.30. The lowest BCUT2D eigenvalue weighted by Gasteiger charge is -2.11. The lowest BCUT2D eigenvalue weighted by atomic mass is 9.93. The molecule has 7 rings (SSSR count). The Balaban J connectivity index is 1.35. The van der Waals surface area contributed by atoms with E-state index in [-0.39, 0.29) is 0 Å². The van der Waals surface area contributed by atoms with Crippen molar-refractivity contribution in [2.75, 3.05) is 0 Å². The average molecular weight is 452 g/mol. The van der Waals surface area contributed by atoms with Crippen LogP contribution in [-0.2, 0) is 0 Å². The van der Waals surface area contributed by atoms with Crippen LogP contribution in [0.15, 0.2) is 109 Å². The summed E-state index contributed by atoms with van der Waals surface area (Å²) in [6.07, 6.45) is 0. The molecule has 1 aromatic heterocycles. The number of aryl methyl sites for hydroxylation is 1. The van der Waals surface area contributed by atoms with Crippen molar-refractivity contribution in [2.45, 2.75) is 6.92 Å². The van der Waals surface area contributed by atoms with E-state index in [1.54, 1.807) is 11.3 Å². The maximum atomic E-state index is 4.85. The fraction of sp³-hybridized carbons (Fsp3) is 0.0312. The third-order valence-electron chi connectivity index (χ3n) is 6.73. The van der Waals surface area contributed by atoms with Crippen molar-refractivity contribution in [3.05, 3.63) is 115 Å². The van der Waals surface area contributed by atoms with Gasteiger partial charge in [-0.1, -0.05) is 84.9 Å². The molecule has 0 aliphatic rings. The van der Waals surface area contributed by atoms with Crippen molar-refractivity contribution < 1.29 is 0 Å². The number of benzene rings is 6. The van der Waals surface area contributed by atoms with Crippen molar-refractivity contribution in [1.29, 1.82) is 0 Å². The third kappa shape index (κ3) is 3.11. The molecule has 0 bridgehead atoms. The van der Waals surface area contributed by atoms with E-state index in [1.165, 1.54) is 59.3 Å². The van der Waals surface area contributed by atoms with E-state index in [0.717, 1.165) is 10.5 Å². The van der Waals surface area contributed by atoms with E-state index in [2.05, 4.69) is 116 Å². The lowest BCUT2D eigenvalue weighted by Crippen LogP contribution is -1.85. The van der Waals surface area contributed by atoms with Gasteiger partial charge in [-0.15, -0.1) is 11.3 Å². The molecule has 0 spiro atoms. The summed E-state index contributed by atoms with van der Waals surface area (Å²) in [6, 6.07) is 39.7. The molecule has 7 aromatic rings. The zero-order chi connectivity index (χ0) is 22.6. The quantitative estimate of drug-likeness (QED) is 0.188. The zero-order valence-corrected chi connectivity index (χ0v) is 19.6. The standard InChI is InChI=1S/C32H21NS/c1-20-9-16-30-31(17-20)34-32(33-30)22-12-10-21(11-13-22)26-7-4-8-27-28(26)15-14-25-18-23-5-2-3-6-24(23)19-29(25)27/h2-19H,1H3. The molecule has 0 saturated carbocycles. The van der Waals surface area contributed by atoms with E-state index in [1.807, 2.05) is 0 Å². The topological polar surface area (TPSA) is 12.9 Å². The molecule has 2 heteroatoms. The van der Waals surface area contributed by atoms with Gasteiger partial charge in [-0.05, 0) is 80.2 Å². The molecule has 0 N–H and O–H groups in total. The minimum Gasteiger partial charge on any atom is -0.236 e. The first kappa shape index (κ1) is 19.5. The van der Waals surface area contributed by atoms with E-state index < -0.39 is 0 Å². The van der Waals surface area contributed by atoms with Gasteiger partial charge in [-0.2, -0.15) is 0 Å². The first-order valence-corrected chi connectivity index (χ1v) is 12.4. The van der Waals surface area contributed by atoms with Crippen molar-refractivity contribution in [3.8, 4) is 21.7 Å². The Bertz CT molecular complexity index is 1860. The largest absolute Gasteiger partial charge is 0.236 e. The molecule has 1 nitrogen and oxygen atoms in total. The molecule has 0 fully saturated rings. The molecule has 0 aliphatic carbocycles. The second-order valence-corrected chi connectivity index (χ2v) is 9.98. The van der Waals surface area contributed by atoms with Gasteiger partial charge < -0.3 is 0 Å². The summed E-state index contributed by atoms with van der Waals surface area (Å²) in [5, 5.41) is 8.81. The van der Waals surface area contributed by atoms with Crippen LogP contribution in [0.2, 0.25) is 0 Å². The molecular weight excluding hydrogens is 430 g/mol. The molecule has 6 aromatic carbocycles. The fourth-order valence-electron chi connectivity index (χ4n) is 4.98. The van der Waals surface area contributed by atoms with Gasteiger partial charge in [-0.3, -0.25) is 0 Å². The summed E-state index contributed by atoms with van der Waals surface area (Å²) >= 11 is 1.76. The average Bonchev–Trinajstić information content (AvgIpc) is 3.30. The molecule has 0 unspecified atom stereocenters. The molecule has 0 saturated heterocycles. The van der Waals surface area contributed by atoms with E-state index in [4.69, 9.17) is 4.98 Å². The first-order chi connectivity index (χ1) is 16.7. The number of rotatable bonds is 2. The van der Waals surface area contributed by atoms with Crippen molar-refractivity contribution in [1.82, 2.24) is 4.98 Å². The number of hydrogen-bond acceptors (Lipinski definition) is 2. The van der Waals surface area contributed by atoms with Gasteiger partial charge in [0.1, 0.15) is 5.01 Å². The Labute approximate surface area is 201 Å². The van der Waals surface area contributed by atoms with Crippen LogP contribution < -0.4 is 0 Å². The van der Waals surface area contributed by atoms with Crippen LogP contribution in [0.3, 0.4) is 0 Å². The highest BCUT2D eigenvalue weighted by Gasteiger charge is 2.10. The van der Waals surface area contributed by atoms with Gasteiger partial charge in [0, 0.05) is 5.56 Å². The van der Waals surface area contributed by atoms with Crippen molar-refractivity contribution in [2.24, 2.45) is 0 Å². The minimum absolute atomic E-state index is 1.07. The number of aromatic nitrogens is 1. The van der Waals surface area contributed by atoms with Crippen LogP contribution in [0.4, 0.5) is 0 Å². The second-order valence-electron chi connectivity index (χ2n) is 8.95. The van der Waals surface area contributed by atoms with Crippen LogP contribution in [0.1, 0.15) is 5.56 Å². The molecule has 0 amide bonds. The SMILES string of the molecule is Cc1ccc2nc(-c3ccc(-c4cccc5c4ccc4cc6ccccc6cc45)cc3)sc2c1. The van der Waals surface area contributed by atoms with Gasteiger partial charge in [0.15, 0.2) is 0 Å². The highest BCUT2D eigenvalue weighted by Crippen LogP contribution is 2.36. The van der Waals surface area contributed by atoms with Crippen LogP contribution in [0.5, 0.6) is 0 Å². The molecule has 0 aliphatic heterocycles. The maximum absolute atomic E-state index is 4.85. The van der Waals surface area contributed by atoms with E-state index >= 15 is 0 Å². The van der Waals surface area contributed by atoms with E-state index in [0.29, 0.717) is 0 Å². The van der Waals surface area contributed by atoms with Gasteiger partial charge in [0.2, 0.25) is 0 Å². The molecule has 34 heavy (non-hydrogen) atoms. The zero-order valence-electron chi connectivity index (χ0n) is 18.7. The minimum atomic E-state index is 1.07. The molecule has 0 radical (unpaired) electrons. The lowest BCUT2D eigenvalue weighted by molar-refractivity contribution is 1.45. The number of nitrogens with zero attached hydrogens (tertiary/aromatic N) is 1. The van der Waals surface area contributed by atoms with Gasteiger partial charge in [-0.25, -0.2) is 4.98 Å². The summed E-state index contributed by atoms with van der Waals surface area (Å²) in [7, 11) is 0. The van der Waals surface area contributed by atoms with Crippen LogP contribution in [0.25, 0.3) is 64.2 Å². The van der Waals surface area contributed by atoms with Crippen molar-refractivity contribution in [3.63, 3.8) is 0 Å². The predicted molar refractivity (Wildman–Crippen MR) is 148 cm³/mol. The monoisotopic (exact) mass is 451 g/mol. The van der Waals surface area contributed by atoms with Gasteiger partial charge in [0.25, 0.3) is 0 Å². The Morgan fingerprint density at radius 1 is 0.559 bits per heavy atom.